The minimum absolute atomic E-state index is 0.338. The molecule has 0 amide bonds. The van der Waals surface area contributed by atoms with Crippen molar-refractivity contribution in [1.29, 1.82) is 0 Å². The summed E-state index contributed by atoms with van der Waals surface area (Å²) in [6, 6.07) is 1.70. The molecule has 0 saturated heterocycles. The van der Waals surface area contributed by atoms with E-state index in [-0.39, 0.29) is 5.82 Å². The summed E-state index contributed by atoms with van der Waals surface area (Å²) in [7, 11) is 1.92. The molecule has 0 unspecified atom stereocenters. The van der Waals surface area contributed by atoms with Crippen LogP contribution in [0.25, 0.3) is 0 Å². The van der Waals surface area contributed by atoms with Gasteiger partial charge in [0.1, 0.15) is 0 Å². The average Bonchev–Trinajstić information content (AvgIpc) is 2.28. The van der Waals surface area contributed by atoms with Crippen LogP contribution in [-0.2, 0) is 0 Å². The Morgan fingerprint density at radius 3 is 2.56 bits per heavy atom. The number of nitrogens with zero attached hydrogens (tertiary/aromatic N) is 2. The maximum atomic E-state index is 13.8. The van der Waals surface area contributed by atoms with Gasteiger partial charge >= 0.3 is 0 Å². The van der Waals surface area contributed by atoms with Crippen molar-refractivity contribution >= 4 is 17.4 Å². The lowest BCUT2D eigenvalue weighted by molar-refractivity contribution is 0.222. The van der Waals surface area contributed by atoms with Crippen LogP contribution in [0.5, 0.6) is 0 Å². The highest BCUT2D eigenvalue weighted by Crippen LogP contribution is 2.37. The van der Waals surface area contributed by atoms with Gasteiger partial charge in [0.05, 0.1) is 5.02 Å². The Morgan fingerprint density at radius 2 is 2.00 bits per heavy atom. The van der Waals surface area contributed by atoms with Crippen LogP contribution in [0.15, 0.2) is 12.3 Å². The maximum absolute atomic E-state index is 13.8. The van der Waals surface area contributed by atoms with Gasteiger partial charge in [-0.05, 0) is 37.2 Å². The van der Waals surface area contributed by atoms with Crippen LogP contribution in [-0.4, -0.2) is 18.1 Å². The Balaban J connectivity index is 2.10. The van der Waals surface area contributed by atoms with E-state index in [1.807, 2.05) is 11.9 Å². The molecule has 0 aliphatic heterocycles. The minimum atomic E-state index is -0.338. The fraction of sp³-hybridized carbons (Fsp3) is 0.643. The largest absolute Gasteiger partial charge is 0.354 e. The number of pyridine rings is 1. The molecule has 1 aromatic rings. The molecule has 1 aliphatic rings. The van der Waals surface area contributed by atoms with Gasteiger partial charge in [-0.1, -0.05) is 25.4 Å². The van der Waals surface area contributed by atoms with Crippen LogP contribution >= 0.6 is 11.6 Å². The lowest BCUT2D eigenvalue weighted by atomic mass is 9.75. The van der Waals surface area contributed by atoms with Crippen LogP contribution in [0, 0.1) is 11.2 Å². The molecule has 1 saturated carbocycles. The fourth-order valence-corrected chi connectivity index (χ4v) is 2.76. The third-order valence-electron chi connectivity index (χ3n) is 3.98. The quantitative estimate of drug-likeness (QED) is 0.797. The molecule has 18 heavy (non-hydrogen) atoms. The van der Waals surface area contributed by atoms with Gasteiger partial charge in [-0.2, -0.15) is 0 Å². The molecule has 0 atom stereocenters. The summed E-state index contributed by atoms with van der Waals surface area (Å²) in [6.07, 6.45) is 6.04. The van der Waals surface area contributed by atoms with E-state index < -0.39 is 0 Å². The van der Waals surface area contributed by atoms with Gasteiger partial charge in [0, 0.05) is 19.3 Å². The first-order valence-electron chi connectivity index (χ1n) is 6.43. The van der Waals surface area contributed by atoms with E-state index in [1.54, 1.807) is 0 Å². The molecule has 0 N–H and O–H groups in total. The third-order valence-corrected chi connectivity index (χ3v) is 4.19. The highest BCUT2D eigenvalue weighted by molar-refractivity contribution is 6.30. The smallest absolute Gasteiger partial charge is 0.167 e. The van der Waals surface area contributed by atoms with Crippen LogP contribution in [0.3, 0.4) is 0 Å². The van der Waals surface area contributed by atoms with Crippen LogP contribution in [0.1, 0.15) is 39.5 Å². The van der Waals surface area contributed by atoms with Crippen molar-refractivity contribution in [3.8, 4) is 0 Å². The zero-order chi connectivity index (χ0) is 13.3. The summed E-state index contributed by atoms with van der Waals surface area (Å²) in [6.45, 7) is 4.59. The molecule has 1 heterocycles. The summed E-state index contributed by atoms with van der Waals surface area (Å²) in [5.74, 6) is 0.0685. The third kappa shape index (κ3) is 2.94. The molecule has 1 aliphatic carbocycles. The summed E-state index contributed by atoms with van der Waals surface area (Å²) < 4.78 is 13.8. The Labute approximate surface area is 113 Å². The first-order chi connectivity index (χ1) is 8.39. The van der Waals surface area contributed by atoms with Crippen LogP contribution < -0.4 is 4.90 Å². The second-order valence-corrected chi connectivity index (χ2v) is 6.40. The predicted molar refractivity (Wildman–Crippen MR) is 73.6 cm³/mol. The van der Waals surface area contributed by atoms with Crippen molar-refractivity contribution in [2.45, 2.75) is 45.6 Å². The van der Waals surface area contributed by atoms with E-state index >= 15 is 0 Å². The van der Waals surface area contributed by atoms with Crippen molar-refractivity contribution in [3.05, 3.63) is 23.1 Å². The van der Waals surface area contributed by atoms with Gasteiger partial charge in [-0.15, -0.1) is 0 Å². The standard InChI is InChI=1S/C14H20ClFN2/c1-14(2)6-4-11(5-7-14)18(3)13-12(16)8-10(15)9-17-13/h8-9,11H,4-7H2,1-3H3. The monoisotopic (exact) mass is 270 g/mol. The lowest BCUT2D eigenvalue weighted by Gasteiger charge is -2.39. The summed E-state index contributed by atoms with van der Waals surface area (Å²) in [5.41, 5.74) is 0.420. The molecule has 100 valence electrons. The number of halogens is 2. The molecule has 2 rings (SSSR count). The van der Waals surface area contributed by atoms with Gasteiger partial charge in [0.15, 0.2) is 11.6 Å². The minimum Gasteiger partial charge on any atom is -0.354 e. The van der Waals surface area contributed by atoms with Gasteiger partial charge in [0.2, 0.25) is 0 Å². The topological polar surface area (TPSA) is 16.1 Å². The Kier molecular flexibility index (Phi) is 3.81. The summed E-state index contributed by atoms with van der Waals surface area (Å²) in [4.78, 5) is 6.07. The highest BCUT2D eigenvalue weighted by Gasteiger charge is 2.30. The molecular weight excluding hydrogens is 251 g/mol. The Hall–Kier alpha value is -0.830. The fourth-order valence-electron chi connectivity index (χ4n) is 2.61. The zero-order valence-corrected chi connectivity index (χ0v) is 12.0. The second-order valence-electron chi connectivity index (χ2n) is 5.97. The summed E-state index contributed by atoms with van der Waals surface area (Å²) >= 11 is 5.72. The number of hydrogen-bond acceptors (Lipinski definition) is 2. The van der Waals surface area contributed by atoms with Crippen molar-refractivity contribution in [3.63, 3.8) is 0 Å². The molecule has 1 fully saturated rings. The second kappa shape index (κ2) is 5.04. The molecule has 2 nitrogen and oxygen atoms in total. The van der Waals surface area contributed by atoms with E-state index in [2.05, 4.69) is 18.8 Å². The molecule has 0 spiro atoms. The van der Waals surface area contributed by atoms with E-state index in [0.29, 0.717) is 22.3 Å². The van der Waals surface area contributed by atoms with E-state index in [1.165, 1.54) is 25.1 Å². The molecule has 4 heteroatoms. The van der Waals surface area contributed by atoms with E-state index in [9.17, 15) is 4.39 Å². The summed E-state index contributed by atoms with van der Waals surface area (Å²) in [5, 5.41) is 0.342. The zero-order valence-electron chi connectivity index (χ0n) is 11.2. The molecule has 1 aromatic heterocycles. The number of aromatic nitrogens is 1. The van der Waals surface area contributed by atoms with Gasteiger partial charge in [-0.25, -0.2) is 9.37 Å². The Bertz CT molecular complexity index is 424. The normalized spacial score (nSPS) is 19.8. The van der Waals surface area contributed by atoms with Crippen LogP contribution in [0.2, 0.25) is 5.02 Å². The average molecular weight is 271 g/mol. The number of rotatable bonds is 2. The SMILES string of the molecule is CN(c1ncc(Cl)cc1F)C1CCC(C)(C)CC1. The van der Waals surface area contributed by atoms with Crippen molar-refractivity contribution in [1.82, 2.24) is 4.98 Å². The van der Waals surface area contributed by atoms with Crippen LogP contribution in [0.4, 0.5) is 10.2 Å². The van der Waals surface area contributed by atoms with Crippen molar-refractivity contribution in [2.24, 2.45) is 5.41 Å². The highest BCUT2D eigenvalue weighted by atomic mass is 35.5. The molecule has 0 aromatic carbocycles. The van der Waals surface area contributed by atoms with Gasteiger partial charge < -0.3 is 4.90 Å². The maximum Gasteiger partial charge on any atom is 0.167 e. The van der Waals surface area contributed by atoms with Gasteiger partial charge in [0.25, 0.3) is 0 Å². The van der Waals surface area contributed by atoms with E-state index in [0.717, 1.165) is 12.8 Å². The molecular formula is C14H20ClFN2. The first-order valence-corrected chi connectivity index (χ1v) is 6.81. The van der Waals surface area contributed by atoms with E-state index in [4.69, 9.17) is 11.6 Å². The predicted octanol–water partition coefficient (Wildman–Crippen LogP) is 4.28. The first kappa shape index (κ1) is 13.6. The molecule has 0 radical (unpaired) electrons. The molecule has 0 bridgehead atoms. The number of anilines is 1. The Morgan fingerprint density at radius 1 is 1.39 bits per heavy atom. The van der Waals surface area contributed by atoms with Crippen molar-refractivity contribution < 1.29 is 4.39 Å². The van der Waals surface area contributed by atoms with Crippen molar-refractivity contribution in [2.75, 3.05) is 11.9 Å². The number of hydrogen-bond donors (Lipinski definition) is 0. The van der Waals surface area contributed by atoms with Gasteiger partial charge in [-0.3, -0.25) is 0 Å². The lowest BCUT2D eigenvalue weighted by Crippen LogP contribution is -2.38.